The molecule has 0 spiro atoms. The smallest absolute Gasteiger partial charge is 0.407 e. The van der Waals surface area contributed by atoms with Gasteiger partial charge in [-0.1, -0.05) is 0 Å². The molecule has 26 heavy (non-hydrogen) atoms. The van der Waals surface area contributed by atoms with Crippen molar-refractivity contribution in [2.75, 3.05) is 39.5 Å². The van der Waals surface area contributed by atoms with Crippen molar-refractivity contribution in [3.8, 4) is 0 Å². The number of nitrogens with two attached hydrogens (primary N) is 1. The molecular weight excluding hydrogens is 342 g/mol. The van der Waals surface area contributed by atoms with Crippen LogP contribution in [0.4, 0.5) is 13.6 Å². The Morgan fingerprint density at radius 1 is 1.19 bits per heavy atom. The predicted octanol–water partition coefficient (Wildman–Crippen LogP) is 1.98. The van der Waals surface area contributed by atoms with Crippen LogP contribution in [0, 0.1) is 0 Å². The molecule has 0 aliphatic carbocycles. The van der Waals surface area contributed by atoms with Crippen LogP contribution in [0.25, 0.3) is 0 Å². The molecule has 0 radical (unpaired) electrons. The molecule has 0 atom stereocenters. The Hall–Kier alpha value is -0.990. The summed E-state index contributed by atoms with van der Waals surface area (Å²) in [6.45, 7) is 7.84. The molecule has 2 aliphatic rings. The van der Waals surface area contributed by atoms with Gasteiger partial charge in [0.2, 0.25) is 0 Å². The fourth-order valence-electron chi connectivity index (χ4n) is 2.96. The van der Waals surface area contributed by atoms with Crippen molar-refractivity contribution in [1.82, 2.24) is 15.5 Å². The summed E-state index contributed by atoms with van der Waals surface area (Å²) < 4.78 is 29.6. The van der Waals surface area contributed by atoms with E-state index in [0.29, 0.717) is 0 Å². The van der Waals surface area contributed by atoms with Crippen molar-refractivity contribution in [2.24, 2.45) is 5.73 Å². The number of amides is 1. The SMILES string of the molecule is CC(C)(C)OC(=O)NC1CCNCC1.NC1CCN(C(CF)CF)CC1. The van der Waals surface area contributed by atoms with E-state index in [1.54, 1.807) is 0 Å². The Labute approximate surface area is 156 Å². The highest BCUT2D eigenvalue weighted by Gasteiger charge is 2.23. The Balaban J connectivity index is 0.000000263. The number of piperidine rings is 2. The third-order valence-corrected chi connectivity index (χ3v) is 4.51. The van der Waals surface area contributed by atoms with Gasteiger partial charge in [0.25, 0.3) is 0 Å². The molecule has 1 amide bonds. The van der Waals surface area contributed by atoms with E-state index in [-0.39, 0.29) is 18.2 Å². The molecule has 2 rings (SSSR count). The van der Waals surface area contributed by atoms with E-state index < -0.39 is 25.0 Å². The van der Waals surface area contributed by atoms with Gasteiger partial charge in [-0.05, 0) is 59.5 Å². The highest BCUT2D eigenvalue weighted by Crippen LogP contribution is 2.12. The summed E-state index contributed by atoms with van der Waals surface area (Å²) in [6.07, 6.45) is 3.38. The predicted molar refractivity (Wildman–Crippen MR) is 99.8 cm³/mol. The molecule has 6 nitrogen and oxygen atoms in total. The third-order valence-electron chi connectivity index (χ3n) is 4.51. The van der Waals surface area contributed by atoms with Crippen molar-refractivity contribution in [2.45, 2.75) is 70.2 Å². The fraction of sp³-hybridized carbons (Fsp3) is 0.944. The molecule has 2 fully saturated rings. The Bertz CT molecular complexity index is 389. The van der Waals surface area contributed by atoms with Crippen LogP contribution in [0.2, 0.25) is 0 Å². The van der Waals surface area contributed by atoms with Crippen LogP contribution in [0.5, 0.6) is 0 Å². The van der Waals surface area contributed by atoms with Gasteiger partial charge in [-0.3, -0.25) is 4.90 Å². The molecule has 2 saturated heterocycles. The lowest BCUT2D eigenvalue weighted by Gasteiger charge is -2.33. The monoisotopic (exact) mass is 378 g/mol. The van der Waals surface area contributed by atoms with Gasteiger partial charge in [0.15, 0.2) is 0 Å². The molecule has 154 valence electrons. The van der Waals surface area contributed by atoms with Gasteiger partial charge >= 0.3 is 6.09 Å². The molecule has 4 N–H and O–H groups in total. The van der Waals surface area contributed by atoms with Crippen LogP contribution < -0.4 is 16.4 Å². The van der Waals surface area contributed by atoms with E-state index in [2.05, 4.69) is 10.6 Å². The summed E-state index contributed by atoms with van der Waals surface area (Å²) in [6, 6.07) is -0.0373. The average molecular weight is 379 g/mol. The zero-order chi connectivity index (χ0) is 19.6. The van der Waals surface area contributed by atoms with E-state index in [0.717, 1.165) is 51.9 Å². The average Bonchev–Trinajstić information content (AvgIpc) is 2.57. The molecule has 2 heterocycles. The second kappa shape index (κ2) is 11.7. The number of nitrogens with zero attached hydrogens (tertiary/aromatic N) is 1. The molecule has 0 aromatic carbocycles. The number of carbonyl (C=O) groups excluding carboxylic acids is 1. The second-order valence-electron chi connectivity index (χ2n) is 8.01. The van der Waals surface area contributed by atoms with E-state index in [1.807, 2.05) is 25.7 Å². The Morgan fingerprint density at radius 2 is 1.73 bits per heavy atom. The fourth-order valence-corrected chi connectivity index (χ4v) is 2.96. The number of nitrogens with one attached hydrogen (secondary N) is 2. The van der Waals surface area contributed by atoms with E-state index in [9.17, 15) is 13.6 Å². The minimum absolute atomic E-state index is 0.223. The third kappa shape index (κ3) is 9.64. The first-order valence-electron chi connectivity index (χ1n) is 9.57. The van der Waals surface area contributed by atoms with Crippen molar-refractivity contribution in [3.05, 3.63) is 0 Å². The van der Waals surface area contributed by atoms with Gasteiger partial charge in [0.1, 0.15) is 19.0 Å². The maximum atomic E-state index is 12.2. The van der Waals surface area contributed by atoms with Crippen LogP contribution in [0.15, 0.2) is 0 Å². The summed E-state index contributed by atoms with van der Waals surface area (Å²) in [4.78, 5) is 13.2. The maximum Gasteiger partial charge on any atom is 0.407 e. The molecule has 2 aliphatic heterocycles. The number of carbonyl (C=O) groups is 1. The summed E-state index contributed by atoms with van der Waals surface area (Å²) in [5.41, 5.74) is 5.26. The molecular formula is C18H36F2N4O2. The summed E-state index contributed by atoms with van der Waals surface area (Å²) in [5.74, 6) is 0. The van der Waals surface area contributed by atoms with Crippen molar-refractivity contribution < 1.29 is 18.3 Å². The number of ether oxygens (including phenoxy) is 1. The van der Waals surface area contributed by atoms with Crippen LogP contribution >= 0.6 is 0 Å². The Kier molecular flexibility index (Phi) is 10.3. The lowest BCUT2D eigenvalue weighted by atomic mass is 10.0. The van der Waals surface area contributed by atoms with Crippen LogP contribution in [0.1, 0.15) is 46.5 Å². The number of halogens is 2. The summed E-state index contributed by atoms with van der Waals surface area (Å²) >= 11 is 0. The first-order chi connectivity index (χ1) is 12.2. The molecule has 0 aromatic heterocycles. The molecule has 0 saturated carbocycles. The Morgan fingerprint density at radius 3 is 2.19 bits per heavy atom. The topological polar surface area (TPSA) is 79.6 Å². The van der Waals surface area contributed by atoms with E-state index in [1.165, 1.54) is 0 Å². The van der Waals surface area contributed by atoms with Crippen LogP contribution in [0.3, 0.4) is 0 Å². The van der Waals surface area contributed by atoms with Gasteiger partial charge in [-0.25, -0.2) is 13.6 Å². The van der Waals surface area contributed by atoms with Crippen LogP contribution in [-0.4, -0.2) is 74.2 Å². The minimum atomic E-state index is -0.592. The summed E-state index contributed by atoms with van der Waals surface area (Å²) in [7, 11) is 0. The minimum Gasteiger partial charge on any atom is -0.444 e. The molecule has 8 heteroatoms. The first kappa shape index (κ1) is 23.0. The number of hydrogen-bond donors (Lipinski definition) is 3. The zero-order valence-corrected chi connectivity index (χ0v) is 16.4. The van der Waals surface area contributed by atoms with Gasteiger partial charge in [0, 0.05) is 25.2 Å². The van der Waals surface area contributed by atoms with E-state index >= 15 is 0 Å². The second-order valence-corrected chi connectivity index (χ2v) is 8.01. The van der Waals surface area contributed by atoms with Crippen LogP contribution in [-0.2, 0) is 4.74 Å². The number of rotatable bonds is 4. The zero-order valence-electron chi connectivity index (χ0n) is 16.4. The van der Waals surface area contributed by atoms with Crippen molar-refractivity contribution in [1.29, 1.82) is 0 Å². The highest BCUT2D eigenvalue weighted by molar-refractivity contribution is 5.68. The molecule has 0 bridgehead atoms. The normalized spacial score (nSPS) is 20.4. The van der Waals surface area contributed by atoms with Gasteiger partial charge < -0.3 is 21.1 Å². The summed E-state index contributed by atoms with van der Waals surface area (Å²) in [5, 5.41) is 6.12. The molecule has 0 unspecified atom stereocenters. The van der Waals surface area contributed by atoms with Gasteiger partial charge in [-0.15, -0.1) is 0 Å². The van der Waals surface area contributed by atoms with Gasteiger partial charge in [-0.2, -0.15) is 0 Å². The van der Waals surface area contributed by atoms with Gasteiger partial charge in [0.05, 0.1) is 6.04 Å². The first-order valence-corrected chi connectivity index (χ1v) is 9.57. The van der Waals surface area contributed by atoms with E-state index in [4.69, 9.17) is 10.5 Å². The van der Waals surface area contributed by atoms with Crippen molar-refractivity contribution >= 4 is 6.09 Å². The number of hydrogen-bond acceptors (Lipinski definition) is 5. The quantitative estimate of drug-likeness (QED) is 0.697. The number of alkyl halides is 2. The largest absolute Gasteiger partial charge is 0.444 e. The molecule has 0 aromatic rings. The number of likely N-dealkylation sites (tertiary alicyclic amines) is 1. The number of alkyl carbamates (subject to hydrolysis) is 1. The lowest BCUT2D eigenvalue weighted by molar-refractivity contribution is 0.0495. The lowest BCUT2D eigenvalue weighted by Crippen LogP contribution is -2.46. The maximum absolute atomic E-state index is 12.2. The highest BCUT2D eigenvalue weighted by atomic mass is 19.1. The van der Waals surface area contributed by atoms with Crippen molar-refractivity contribution in [3.63, 3.8) is 0 Å². The standard InChI is InChI=1S/C10H20N2O2.C8H16F2N2/c1-10(2,3)14-9(13)12-8-4-6-11-7-5-8;9-5-8(6-10)12-3-1-7(11)2-4-12/h8,11H,4-7H2,1-3H3,(H,12,13);7-8H,1-6,11H2.